The van der Waals surface area contributed by atoms with Gasteiger partial charge in [0.15, 0.2) is 0 Å². The minimum Gasteiger partial charge on any atom is -0.497 e. The highest BCUT2D eigenvalue weighted by atomic mass is 32.2. The Labute approximate surface area is 348 Å². The summed E-state index contributed by atoms with van der Waals surface area (Å²) >= 11 is 1.24. The summed E-state index contributed by atoms with van der Waals surface area (Å²) in [4.78, 5) is 67.9. The molecule has 2 aliphatic rings. The summed E-state index contributed by atoms with van der Waals surface area (Å²) < 4.78 is 33.2. The summed E-state index contributed by atoms with van der Waals surface area (Å²) in [5.41, 5.74) is -0.449. The fourth-order valence-electron chi connectivity index (χ4n) is 7.64. The van der Waals surface area contributed by atoms with Crippen LogP contribution in [-0.4, -0.2) is 86.8 Å². The number of nitrogens with zero attached hydrogens (tertiary/aromatic N) is 2. The lowest BCUT2D eigenvalue weighted by Gasteiger charge is -2.37. The number of ether oxygens (including phenoxy) is 5. The third kappa shape index (κ3) is 8.90. The number of H-pyrrole nitrogens is 2. The molecule has 0 bridgehead atoms. The number of carbonyl (C=O) groups is 1. The molecule has 0 saturated carbocycles. The number of aromatic nitrogens is 4. The lowest BCUT2D eigenvalue weighted by atomic mass is 9.80. The van der Waals surface area contributed by atoms with Crippen molar-refractivity contribution in [3.8, 4) is 11.5 Å². The van der Waals surface area contributed by atoms with Crippen molar-refractivity contribution >= 4 is 17.7 Å². The standard InChI is InChI=1S/C43H47N5O11S/c1-25-20-47(41(53)45-39(25)51)37-18-32(44-36(50)24-60-23-35-33(49)19-38(59-35)48-21-26(2)40(52)46-42(48)54)34(58-37)22-57-43(27-8-6-5-7-9-27,28-10-14-30(55-3)15-11-28)29-12-16-31(56-4)17-13-29/h5-17,20-21,32-35,37-38,49H,18-19,22-24H2,1-4H3,(H,44,50)(H,45,51,53)(H,46,52,54)/t32-,33+,34-,35-,37-,38-/m1/s1. The molecule has 5 aromatic rings. The highest BCUT2D eigenvalue weighted by Crippen LogP contribution is 2.43. The Balaban J connectivity index is 1.13. The number of nitrogens with one attached hydrogen (secondary N) is 3. The summed E-state index contributed by atoms with van der Waals surface area (Å²) in [6.45, 7) is 3.11. The zero-order valence-corrected chi connectivity index (χ0v) is 34.3. The van der Waals surface area contributed by atoms with Crippen molar-refractivity contribution in [2.24, 2.45) is 0 Å². The molecule has 4 N–H and O–H groups in total. The van der Waals surface area contributed by atoms with E-state index in [9.17, 15) is 29.1 Å². The van der Waals surface area contributed by atoms with Crippen LogP contribution in [0.2, 0.25) is 0 Å². The molecule has 16 nitrogen and oxygen atoms in total. The predicted molar refractivity (Wildman–Crippen MR) is 223 cm³/mol. The van der Waals surface area contributed by atoms with Crippen molar-refractivity contribution in [2.75, 3.05) is 32.3 Å². The van der Waals surface area contributed by atoms with E-state index in [0.29, 0.717) is 22.6 Å². The summed E-state index contributed by atoms with van der Waals surface area (Å²) in [7, 11) is 3.19. The van der Waals surface area contributed by atoms with Crippen LogP contribution in [0.1, 0.15) is 53.1 Å². The number of rotatable bonds is 15. The van der Waals surface area contributed by atoms with E-state index in [4.69, 9.17) is 23.7 Å². The van der Waals surface area contributed by atoms with Gasteiger partial charge in [0, 0.05) is 42.1 Å². The number of hydrogen-bond acceptors (Lipinski definition) is 12. The predicted octanol–water partition coefficient (Wildman–Crippen LogP) is 2.88. The lowest BCUT2D eigenvalue weighted by molar-refractivity contribution is -0.120. The van der Waals surface area contributed by atoms with Gasteiger partial charge in [-0.05, 0) is 54.8 Å². The molecule has 2 aliphatic heterocycles. The maximum Gasteiger partial charge on any atom is 0.330 e. The number of benzene rings is 3. The molecule has 7 rings (SSSR count). The molecule has 6 atom stereocenters. The first-order valence-electron chi connectivity index (χ1n) is 19.4. The molecule has 0 spiro atoms. The Kier molecular flexibility index (Phi) is 12.9. The Morgan fingerprint density at radius 3 is 1.80 bits per heavy atom. The van der Waals surface area contributed by atoms with E-state index in [-0.39, 0.29) is 36.9 Å². The number of aromatic amines is 2. The quantitative estimate of drug-likeness (QED) is 0.112. The summed E-state index contributed by atoms with van der Waals surface area (Å²) in [5, 5.41) is 13.8. The first-order chi connectivity index (χ1) is 28.9. The van der Waals surface area contributed by atoms with Crippen molar-refractivity contribution in [3.05, 3.63) is 161 Å². The molecule has 0 unspecified atom stereocenters. The Morgan fingerprint density at radius 1 is 0.767 bits per heavy atom. The highest BCUT2D eigenvalue weighted by molar-refractivity contribution is 8.00. The van der Waals surface area contributed by atoms with Crippen LogP contribution in [0, 0.1) is 13.8 Å². The fraction of sp³-hybridized carbons (Fsp3) is 0.372. The molecule has 2 fully saturated rings. The number of amides is 1. The topological polar surface area (TPSA) is 205 Å². The summed E-state index contributed by atoms with van der Waals surface area (Å²) in [6.07, 6.45) is -0.844. The van der Waals surface area contributed by atoms with E-state index in [1.54, 1.807) is 28.1 Å². The molecule has 4 heterocycles. The minimum atomic E-state index is -1.20. The van der Waals surface area contributed by atoms with E-state index in [0.717, 1.165) is 16.7 Å². The number of carbonyl (C=O) groups excluding carboxylic acids is 1. The monoisotopic (exact) mass is 841 g/mol. The Morgan fingerprint density at radius 2 is 1.27 bits per heavy atom. The molecular weight excluding hydrogens is 795 g/mol. The van der Waals surface area contributed by atoms with E-state index < -0.39 is 64.9 Å². The van der Waals surface area contributed by atoms with Crippen LogP contribution in [0.4, 0.5) is 0 Å². The maximum atomic E-state index is 13.6. The van der Waals surface area contributed by atoms with Crippen LogP contribution in [0.15, 0.2) is 110 Å². The van der Waals surface area contributed by atoms with E-state index in [1.807, 2.05) is 78.9 Å². The number of aliphatic hydroxyl groups is 1. The van der Waals surface area contributed by atoms with Crippen LogP contribution in [0.3, 0.4) is 0 Å². The smallest absolute Gasteiger partial charge is 0.330 e. The molecule has 1 amide bonds. The second-order valence-electron chi connectivity index (χ2n) is 14.8. The van der Waals surface area contributed by atoms with Crippen LogP contribution < -0.4 is 37.3 Å². The van der Waals surface area contributed by atoms with Gasteiger partial charge in [0.1, 0.15) is 35.7 Å². The van der Waals surface area contributed by atoms with Crippen molar-refractivity contribution < 1.29 is 33.6 Å². The number of aryl methyl sites for hydroxylation is 2. The van der Waals surface area contributed by atoms with Gasteiger partial charge < -0.3 is 34.1 Å². The van der Waals surface area contributed by atoms with Gasteiger partial charge in [-0.2, -0.15) is 0 Å². The van der Waals surface area contributed by atoms with Crippen molar-refractivity contribution in [1.82, 2.24) is 24.4 Å². The third-order valence-electron chi connectivity index (χ3n) is 10.9. The van der Waals surface area contributed by atoms with Crippen LogP contribution in [0.5, 0.6) is 11.5 Å². The van der Waals surface area contributed by atoms with Crippen LogP contribution in [-0.2, 0) is 24.6 Å². The first kappa shape index (κ1) is 42.4. The molecular formula is C43H47N5O11S. The SMILES string of the molecule is COc1ccc(C(OC[C@H]2O[C@@H](n3cc(C)c(=O)[nH]c3=O)C[C@H]2NC(=O)CSC[C@H]2O[C@@H](n3cc(C)c(=O)[nH]c3=O)C[C@@H]2O)(c2ccccc2)c2ccc(OC)cc2)cc1. The van der Waals surface area contributed by atoms with E-state index in [1.165, 1.54) is 33.3 Å². The number of thioether (sulfide) groups is 1. The van der Waals surface area contributed by atoms with Crippen molar-refractivity contribution in [2.45, 2.75) is 69.1 Å². The van der Waals surface area contributed by atoms with Gasteiger partial charge in [-0.15, -0.1) is 11.8 Å². The van der Waals surface area contributed by atoms with Crippen LogP contribution in [0.25, 0.3) is 0 Å². The van der Waals surface area contributed by atoms with Crippen molar-refractivity contribution in [1.29, 1.82) is 0 Å². The zero-order valence-electron chi connectivity index (χ0n) is 33.5. The molecule has 0 aliphatic carbocycles. The normalized spacial score (nSPS) is 21.5. The van der Waals surface area contributed by atoms with E-state index in [2.05, 4.69) is 15.3 Å². The second kappa shape index (κ2) is 18.3. The van der Waals surface area contributed by atoms with Gasteiger partial charge in [0.2, 0.25) is 5.91 Å². The molecule has 17 heteroatoms. The highest BCUT2D eigenvalue weighted by Gasteiger charge is 2.43. The van der Waals surface area contributed by atoms with E-state index >= 15 is 0 Å². The van der Waals surface area contributed by atoms with Gasteiger partial charge in [-0.25, -0.2) is 9.59 Å². The molecule has 2 aromatic heterocycles. The van der Waals surface area contributed by atoms with Crippen molar-refractivity contribution in [3.63, 3.8) is 0 Å². The molecule has 3 aromatic carbocycles. The molecule has 2 saturated heterocycles. The Hall–Kier alpha value is -5.72. The summed E-state index contributed by atoms with van der Waals surface area (Å²) in [6, 6.07) is 24.2. The Bertz CT molecular complexity index is 2470. The molecule has 0 radical (unpaired) electrons. The van der Waals surface area contributed by atoms with Gasteiger partial charge in [-0.1, -0.05) is 54.6 Å². The zero-order chi connectivity index (χ0) is 42.6. The first-order valence-corrected chi connectivity index (χ1v) is 20.5. The van der Waals surface area contributed by atoms with Gasteiger partial charge in [0.05, 0.1) is 44.8 Å². The average Bonchev–Trinajstić information content (AvgIpc) is 3.83. The minimum absolute atomic E-state index is 0.00688. The van der Waals surface area contributed by atoms with Gasteiger partial charge in [-0.3, -0.25) is 33.5 Å². The molecule has 60 heavy (non-hydrogen) atoms. The summed E-state index contributed by atoms with van der Waals surface area (Å²) in [5.74, 6) is 1.22. The molecule has 316 valence electrons. The largest absolute Gasteiger partial charge is 0.497 e. The maximum absolute atomic E-state index is 13.6. The van der Waals surface area contributed by atoms with Crippen LogP contribution >= 0.6 is 11.8 Å². The third-order valence-corrected chi connectivity index (χ3v) is 11.9. The number of methoxy groups -OCH3 is 2. The second-order valence-corrected chi connectivity index (χ2v) is 15.8. The fourth-order valence-corrected chi connectivity index (χ4v) is 8.56. The lowest BCUT2D eigenvalue weighted by Crippen LogP contribution is -2.45. The average molecular weight is 842 g/mol. The number of hydrogen-bond donors (Lipinski definition) is 4. The number of aliphatic hydroxyl groups excluding tert-OH is 1. The van der Waals surface area contributed by atoms with Gasteiger partial charge in [0.25, 0.3) is 11.1 Å². The van der Waals surface area contributed by atoms with Gasteiger partial charge >= 0.3 is 11.4 Å².